The van der Waals surface area contributed by atoms with Crippen LogP contribution >= 0.6 is 0 Å². The lowest BCUT2D eigenvalue weighted by molar-refractivity contribution is 0.424. The van der Waals surface area contributed by atoms with Crippen LogP contribution in [0.3, 0.4) is 0 Å². The lowest BCUT2D eigenvalue weighted by Crippen LogP contribution is -2.11. The molecule has 20 heavy (non-hydrogen) atoms. The summed E-state index contributed by atoms with van der Waals surface area (Å²) in [6, 6.07) is 4.82. The van der Waals surface area contributed by atoms with Crippen LogP contribution < -0.4 is 5.32 Å². The predicted octanol–water partition coefficient (Wildman–Crippen LogP) is 3.20. The van der Waals surface area contributed by atoms with Crippen molar-refractivity contribution >= 4 is 0 Å². The quantitative estimate of drug-likeness (QED) is 0.802. The number of aromatic nitrogens is 3. The van der Waals surface area contributed by atoms with Crippen LogP contribution in [-0.4, -0.2) is 20.9 Å². The summed E-state index contributed by atoms with van der Waals surface area (Å²) in [5.41, 5.74) is 2.45. The summed E-state index contributed by atoms with van der Waals surface area (Å²) < 4.78 is 4.31. The predicted molar refractivity (Wildman–Crippen MR) is 82.8 cm³/mol. The van der Waals surface area contributed by atoms with Gasteiger partial charge < -0.3 is 9.88 Å². The van der Waals surface area contributed by atoms with Crippen molar-refractivity contribution in [3.8, 4) is 0 Å². The molecule has 2 aromatic rings. The minimum Gasteiger partial charge on any atom is -0.348 e. The highest BCUT2D eigenvalue weighted by Crippen LogP contribution is 2.15. The highest BCUT2D eigenvalue weighted by atomic mass is 15.3. The number of hydrogen-bond donors (Lipinski definition) is 1. The second-order valence-electron chi connectivity index (χ2n) is 5.23. The van der Waals surface area contributed by atoms with Gasteiger partial charge >= 0.3 is 0 Å². The van der Waals surface area contributed by atoms with Crippen LogP contribution in [0.1, 0.15) is 50.9 Å². The van der Waals surface area contributed by atoms with Crippen LogP contribution in [-0.2, 0) is 13.1 Å². The SMILES string of the molecule is CCNCc1ccn(Cc2ccn(C(CC)CC)n2)c1. The molecule has 0 saturated heterocycles. The van der Waals surface area contributed by atoms with Crippen LogP contribution in [0, 0.1) is 0 Å². The molecule has 4 heteroatoms. The first-order chi connectivity index (χ1) is 9.76. The molecule has 0 aliphatic heterocycles. The first-order valence-corrected chi connectivity index (χ1v) is 7.66. The average Bonchev–Trinajstić information content (AvgIpc) is 3.08. The molecule has 0 atom stereocenters. The van der Waals surface area contributed by atoms with E-state index in [9.17, 15) is 0 Å². The zero-order chi connectivity index (χ0) is 14.4. The molecule has 0 aliphatic carbocycles. The molecule has 2 heterocycles. The van der Waals surface area contributed by atoms with Crippen molar-refractivity contribution in [2.75, 3.05) is 6.54 Å². The van der Waals surface area contributed by atoms with Crippen molar-refractivity contribution in [3.63, 3.8) is 0 Å². The minimum absolute atomic E-state index is 0.526. The molecule has 2 rings (SSSR count). The fraction of sp³-hybridized carbons (Fsp3) is 0.562. The third-order valence-electron chi connectivity index (χ3n) is 3.72. The monoisotopic (exact) mass is 274 g/mol. The Morgan fingerprint density at radius 1 is 1.15 bits per heavy atom. The molecule has 1 N–H and O–H groups in total. The smallest absolute Gasteiger partial charge is 0.0821 e. The van der Waals surface area contributed by atoms with E-state index in [4.69, 9.17) is 5.10 Å². The van der Waals surface area contributed by atoms with E-state index in [1.165, 1.54) is 5.56 Å². The second-order valence-corrected chi connectivity index (χ2v) is 5.23. The molecular formula is C16H26N4. The Bertz CT molecular complexity index is 508. The van der Waals surface area contributed by atoms with E-state index in [-0.39, 0.29) is 0 Å². The van der Waals surface area contributed by atoms with E-state index in [1.54, 1.807) is 0 Å². The van der Waals surface area contributed by atoms with Crippen LogP contribution in [0.4, 0.5) is 0 Å². The molecule has 0 bridgehead atoms. The Kier molecular flexibility index (Phi) is 5.41. The van der Waals surface area contributed by atoms with Gasteiger partial charge in [0.1, 0.15) is 0 Å². The zero-order valence-electron chi connectivity index (χ0n) is 12.8. The Labute approximate surface area is 121 Å². The molecule has 0 aliphatic rings. The summed E-state index contributed by atoms with van der Waals surface area (Å²) in [7, 11) is 0. The number of nitrogens with zero attached hydrogens (tertiary/aromatic N) is 3. The van der Waals surface area contributed by atoms with Crippen molar-refractivity contribution in [2.45, 2.75) is 52.7 Å². The molecule has 0 spiro atoms. The first kappa shape index (κ1) is 14.9. The van der Waals surface area contributed by atoms with Crippen LogP contribution in [0.5, 0.6) is 0 Å². The fourth-order valence-corrected chi connectivity index (χ4v) is 2.48. The van der Waals surface area contributed by atoms with Gasteiger partial charge in [-0.15, -0.1) is 0 Å². The first-order valence-electron chi connectivity index (χ1n) is 7.66. The average molecular weight is 274 g/mol. The van der Waals surface area contributed by atoms with E-state index in [0.717, 1.165) is 38.2 Å². The minimum atomic E-state index is 0.526. The highest BCUT2D eigenvalue weighted by Gasteiger charge is 2.08. The van der Waals surface area contributed by atoms with Crippen molar-refractivity contribution in [2.24, 2.45) is 0 Å². The summed E-state index contributed by atoms with van der Waals surface area (Å²) in [5.74, 6) is 0. The zero-order valence-corrected chi connectivity index (χ0v) is 12.8. The van der Waals surface area contributed by atoms with Gasteiger partial charge in [0.05, 0.1) is 18.3 Å². The maximum absolute atomic E-state index is 4.70. The molecule has 0 saturated carbocycles. The number of hydrogen-bond acceptors (Lipinski definition) is 2. The van der Waals surface area contributed by atoms with Gasteiger partial charge in [0.2, 0.25) is 0 Å². The molecule has 0 unspecified atom stereocenters. The normalized spacial score (nSPS) is 11.4. The topological polar surface area (TPSA) is 34.8 Å². The van der Waals surface area contributed by atoms with Crippen LogP contribution in [0.25, 0.3) is 0 Å². The van der Waals surface area contributed by atoms with Crippen molar-refractivity contribution in [1.29, 1.82) is 0 Å². The van der Waals surface area contributed by atoms with Crippen molar-refractivity contribution < 1.29 is 0 Å². The van der Waals surface area contributed by atoms with Crippen LogP contribution in [0.2, 0.25) is 0 Å². The van der Waals surface area contributed by atoms with Crippen LogP contribution in [0.15, 0.2) is 30.7 Å². The largest absolute Gasteiger partial charge is 0.348 e. The van der Waals surface area contributed by atoms with Gasteiger partial charge in [-0.25, -0.2) is 0 Å². The Morgan fingerprint density at radius 2 is 1.95 bits per heavy atom. The Morgan fingerprint density at radius 3 is 2.65 bits per heavy atom. The summed E-state index contributed by atoms with van der Waals surface area (Å²) in [4.78, 5) is 0. The third-order valence-corrected chi connectivity index (χ3v) is 3.72. The van der Waals surface area contributed by atoms with Gasteiger partial charge in [0, 0.05) is 25.1 Å². The van der Waals surface area contributed by atoms with Gasteiger partial charge in [-0.1, -0.05) is 20.8 Å². The summed E-state index contributed by atoms with van der Waals surface area (Å²) in [6.07, 6.45) is 8.69. The van der Waals surface area contributed by atoms with E-state index in [2.05, 4.69) is 66.1 Å². The van der Waals surface area contributed by atoms with E-state index in [0.29, 0.717) is 6.04 Å². The van der Waals surface area contributed by atoms with Gasteiger partial charge in [0.15, 0.2) is 0 Å². The van der Waals surface area contributed by atoms with Gasteiger partial charge in [-0.05, 0) is 37.1 Å². The van der Waals surface area contributed by atoms with Crippen molar-refractivity contribution in [3.05, 3.63) is 42.0 Å². The molecule has 0 radical (unpaired) electrons. The van der Waals surface area contributed by atoms with E-state index in [1.807, 2.05) is 0 Å². The molecule has 110 valence electrons. The Balaban J connectivity index is 1.97. The molecule has 4 nitrogen and oxygen atoms in total. The standard InChI is InChI=1S/C16H26N4/c1-4-16(5-2)20-10-8-15(18-20)13-19-9-7-14(12-19)11-17-6-3/h7-10,12,16-17H,4-6,11,13H2,1-3H3. The molecule has 0 aromatic carbocycles. The fourth-order valence-electron chi connectivity index (χ4n) is 2.48. The summed E-state index contributed by atoms with van der Waals surface area (Å²) >= 11 is 0. The van der Waals surface area contributed by atoms with Gasteiger partial charge in [-0.2, -0.15) is 5.10 Å². The van der Waals surface area contributed by atoms with Gasteiger partial charge in [-0.3, -0.25) is 4.68 Å². The summed E-state index contributed by atoms with van der Waals surface area (Å²) in [5, 5.41) is 8.04. The lowest BCUT2D eigenvalue weighted by atomic mass is 10.2. The molecule has 0 fully saturated rings. The lowest BCUT2D eigenvalue weighted by Gasteiger charge is -2.12. The number of rotatable bonds is 8. The second kappa shape index (κ2) is 7.29. The van der Waals surface area contributed by atoms with E-state index >= 15 is 0 Å². The maximum Gasteiger partial charge on any atom is 0.0821 e. The molecule has 0 amide bonds. The molecular weight excluding hydrogens is 248 g/mol. The highest BCUT2D eigenvalue weighted by molar-refractivity contribution is 5.12. The van der Waals surface area contributed by atoms with E-state index < -0.39 is 0 Å². The maximum atomic E-state index is 4.70. The number of nitrogens with one attached hydrogen (secondary N) is 1. The summed E-state index contributed by atoms with van der Waals surface area (Å²) in [6.45, 7) is 9.35. The van der Waals surface area contributed by atoms with Crippen molar-refractivity contribution in [1.82, 2.24) is 19.7 Å². The Hall–Kier alpha value is -1.55. The molecule has 2 aromatic heterocycles. The third kappa shape index (κ3) is 3.73. The van der Waals surface area contributed by atoms with Gasteiger partial charge in [0.25, 0.3) is 0 Å².